The third-order valence-electron chi connectivity index (χ3n) is 10.9. The number of hydrogen-bond donors (Lipinski definition) is 6. The first-order valence-electron chi connectivity index (χ1n) is 22.8. The number of aromatic hydroxyl groups is 5. The van der Waals surface area contributed by atoms with Crippen LogP contribution in [0.2, 0.25) is 25.1 Å². The van der Waals surface area contributed by atoms with Crippen molar-refractivity contribution in [3.8, 4) is 28.7 Å². The molecule has 0 amide bonds. The molecule has 0 bridgehead atoms. The van der Waals surface area contributed by atoms with Gasteiger partial charge in [0.2, 0.25) is 0 Å². The lowest BCUT2D eigenvalue weighted by Crippen LogP contribution is -2.23. The lowest BCUT2D eigenvalue weighted by atomic mass is 9.93. The van der Waals surface area contributed by atoms with Crippen LogP contribution in [-0.2, 0) is 32.1 Å². The predicted molar refractivity (Wildman–Crippen MR) is 300 cm³/mol. The van der Waals surface area contributed by atoms with E-state index in [2.05, 4.69) is 24.3 Å². The number of rotatable bonds is 7. The van der Waals surface area contributed by atoms with Crippen molar-refractivity contribution >= 4 is 69.6 Å². The predicted octanol–water partition coefficient (Wildman–Crippen LogP) is 17.5. The molecule has 7 aromatic rings. The summed E-state index contributed by atoms with van der Waals surface area (Å²) >= 11 is 34.7. The summed E-state index contributed by atoms with van der Waals surface area (Å²) < 4.78 is 0. The van der Waals surface area contributed by atoms with Crippen LogP contribution in [0.1, 0.15) is 71.7 Å². The molecule has 1 aliphatic carbocycles. The van der Waals surface area contributed by atoms with Gasteiger partial charge in [0.1, 0.15) is 28.7 Å². The second-order valence-electron chi connectivity index (χ2n) is 16.9. The van der Waals surface area contributed by atoms with Crippen LogP contribution in [0.15, 0.2) is 168 Å². The number of allylic oxidation sites excluding steroid dienone is 2. The van der Waals surface area contributed by atoms with E-state index in [9.17, 15) is 20.4 Å². The van der Waals surface area contributed by atoms with E-state index in [4.69, 9.17) is 79.8 Å². The zero-order valence-corrected chi connectivity index (χ0v) is 45.2. The Morgan fingerprint density at radius 1 is 0.479 bits per heavy atom. The monoisotopic (exact) mass is 1080 g/mol. The van der Waals surface area contributed by atoms with Crippen molar-refractivity contribution in [2.24, 2.45) is 0 Å². The molecule has 1 unspecified atom stereocenters. The number of hydrogen-bond acceptors (Lipinski definition) is 6. The molecule has 6 nitrogen and oxygen atoms in total. The lowest BCUT2D eigenvalue weighted by Gasteiger charge is -2.23. The number of aryl methyl sites for hydroxylation is 6. The molecular formula is C59H62Cl6O6. The van der Waals surface area contributed by atoms with Crippen molar-refractivity contribution in [2.45, 2.75) is 85.7 Å². The zero-order chi connectivity index (χ0) is 52.7. The Morgan fingerprint density at radius 2 is 1.00 bits per heavy atom. The summed E-state index contributed by atoms with van der Waals surface area (Å²) in [5, 5.41) is 60.1. The number of phenolic OH excluding ortho intramolecular Hbond substituents is 5. The van der Waals surface area contributed by atoms with Gasteiger partial charge >= 0.3 is 0 Å². The molecule has 12 heteroatoms. The summed E-state index contributed by atoms with van der Waals surface area (Å²) in [6, 6.07) is 43.7. The molecule has 0 aromatic heterocycles. The smallest absolute Gasteiger partial charge is 0.119 e. The number of halogens is 6. The maximum absolute atomic E-state index is 9.84. The van der Waals surface area contributed by atoms with Gasteiger partial charge < -0.3 is 30.6 Å². The van der Waals surface area contributed by atoms with Gasteiger partial charge in [-0.1, -0.05) is 149 Å². The molecule has 1 atom stereocenters. The van der Waals surface area contributed by atoms with E-state index in [1.807, 2.05) is 83.1 Å². The molecule has 0 aliphatic heterocycles. The van der Waals surface area contributed by atoms with Gasteiger partial charge in [0.05, 0.1) is 5.60 Å². The van der Waals surface area contributed by atoms with Crippen LogP contribution in [0.25, 0.3) is 0 Å². The van der Waals surface area contributed by atoms with Crippen molar-refractivity contribution < 1.29 is 30.6 Å². The molecule has 0 spiro atoms. The Kier molecular flexibility index (Phi) is 25.8. The Balaban J connectivity index is 0.000000230. The van der Waals surface area contributed by atoms with Gasteiger partial charge in [-0.2, -0.15) is 0 Å². The molecule has 0 fully saturated rings. The summed E-state index contributed by atoms with van der Waals surface area (Å²) in [6.07, 6.45) is 8.36. The minimum atomic E-state index is -0.692. The van der Waals surface area contributed by atoms with Crippen LogP contribution in [0.4, 0.5) is 0 Å². The average Bonchev–Trinajstić information content (AvgIpc) is 3.34. The van der Waals surface area contributed by atoms with Crippen LogP contribution in [-0.4, -0.2) is 36.2 Å². The SMILES string of the molecule is CC1=C(Cl)C=CC(C)(O)C1.CCc1cc(Cl)c(C)cc1O.Cc1c(Cl)ccc(O)c1CCc1ccccc1.Cc1cc(O)ccc1Cl.Oc1ccc(Cl)cc1.Oc1ccc(Cl)cc1CCc1ccccc1. The van der Waals surface area contributed by atoms with Crippen LogP contribution in [0.3, 0.4) is 0 Å². The lowest BCUT2D eigenvalue weighted by molar-refractivity contribution is 0.110. The van der Waals surface area contributed by atoms with Gasteiger partial charge in [-0.25, -0.2) is 0 Å². The first-order valence-corrected chi connectivity index (χ1v) is 25.0. The second kappa shape index (κ2) is 30.6. The number of phenols is 5. The van der Waals surface area contributed by atoms with Gasteiger partial charge in [0.25, 0.3) is 0 Å². The molecule has 7 aromatic carbocycles. The molecule has 0 saturated heterocycles. The van der Waals surface area contributed by atoms with Crippen LogP contribution in [0, 0.1) is 20.8 Å². The van der Waals surface area contributed by atoms with Crippen molar-refractivity contribution in [2.75, 3.05) is 0 Å². The summed E-state index contributed by atoms with van der Waals surface area (Å²) in [4.78, 5) is 0. The Labute approximate surface area is 449 Å². The van der Waals surface area contributed by atoms with Crippen LogP contribution >= 0.6 is 69.6 Å². The molecule has 8 rings (SSSR count). The maximum atomic E-state index is 9.84. The molecule has 0 saturated carbocycles. The fourth-order valence-electron chi connectivity index (χ4n) is 6.76. The summed E-state index contributed by atoms with van der Waals surface area (Å²) in [7, 11) is 0. The third-order valence-corrected chi connectivity index (χ3v) is 13.1. The topological polar surface area (TPSA) is 121 Å². The molecular weight excluding hydrogens is 1020 g/mol. The molecule has 376 valence electrons. The number of benzene rings is 7. The van der Waals surface area contributed by atoms with Gasteiger partial charge in [-0.15, -0.1) is 0 Å². The van der Waals surface area contributed by atoms with Crippen LogP contribution in [0.5, 0.6) is 28.7 Å². The standard InChI is InChI=1S/C15H15ClO.C14H13ClO.C9H11ClO.C8H11ClO.C7H7ClO.C6H5ClO/c1-11-13(15(17)10-9-14(11)16)8-7-12-5-3-2-4-6-12;15-13-8-9-14(16)12(10-13)7-6-11-4-2-1-3-5-11;1-3-7-5-8(10)6(2)4-9(7)11;1-6-5-8(2,10)4-3-7(6)9;1-5-4-6(9)2-3-7(5)8;7-5-1-3-6(8)4-2-5/h2-6,9-10,17H,7-8H2,1H3;1-5,8-10,16H,6-7H2;4-5,11H,3H2,1-2H3;3-4,10H,5H2,1-2H3;2-4,9H,1H3;1-4,8H. The van der Waals surface area contributed by atoms with E-state index in [1.54, 1.807) is 91.9 Å². The Bertz CT molecular complexity index is 2770. The Hall–Kier alpha value is -5.28. The van der Waals surface area contributed by atoms with E-state index < -0.39 is 5.60 Å². The molecule has 0 heterocycles. The summed E-state index contributed by atoms with van der Waals surface area (Å²) in [6.45, 7) is 11.4. The van der Waals surface area contributed by atoms with Gasteiger partial charge in [-0.3, -0.25) is 0 Å². The van der Waals surface area contributed by atoms with E-state index in [-0.39, 0.29) is 11.5 Å². The highest BCUT2D eigenvalue weighted by Crippen LogP contribution is 2.30. The zero-order valence-electron chi connectivity index (χ0n) is 40.7. The van der Waals surface area contributed by atoms with Crippen molar-refractivity contribution in [1.82, 2.24) is 0 Å². The maximum Gasteiger partial charge on any atom is 0.119 e. The highest BCUT2D eigenvalue weighted by Gasteiger charge is 2.21. The fraction of sp³-hybridized carbons (Fsp3) is 0.220. The average molecular weight is 1080 g/mol. The number of aliphatic hydroxyl groups is 1. The normalized spacial score (nSPS) is 13.3. The van der Waals surface area contributed by atoms with Gasteiger partial charge in [-0.05, 0) is 202 Å². The van der Waals surface area contributed by atoms with E-state index >= 15 is 0 Å². The van der Waals surface area contributed by atoms with Gasteiger partial charge in [0.15, 0.2) is 0 Å². The Morgan fingerprint density at radius 3 is 1.52 bits per heavy atom. The fourth-order valence-corrected chi connectivity index (χ4v) is 7.69. The first-order chi connectivity index (χ1) is 33.6. The van der Waals surface area contributed by atoms with Crippen molar-refractivity contribution in [3.63, 3.8) is 0 Å². The van der Waals surface area contributed by atoms with Crippen molar-refractivity contribution in [1.29, 1.82) is 0 Å². The molecule has 0 radical (unpaired) electrons. The quantitative estimate of drug-likeness (QED) is 0.0946. The van der Waals surface area contributed by atoms with E-state index in [0.717, 1.165) is 81.1 Å². The van der Waals surface area contributed by atoms with Gasteiger partial charge in [0, 0.05) is 36.6 Å². The van der Waals surface area contributed by atoms with Crippen LogP contribution < -0.4 is 0 Å². The largest absolute Gasteiger partial charge is 0.508 e. The summed E-state index contributed by atoms with van der Waals surface area (Å²) in [5.41, 5.74) is 8.43. The highest BCUT2D eigenvalue weighted by atomic mass is 35.5. The third kappa shape index (κ3) is 22.4. The van der Waals surface area contributed by atoms with Crippen molar-refractivity contribution in [3.05, 3.63) is 238 Å². The van der Waals surface area contributed by atoms with E-state index in [0.29, 0.717) is 43.8 Å². The minimum absolute atomic E-state index is 0.245. The molecule has 71 heavy (non-hydrogen) atoms. The highest BCUT2D eigenvalue weighted by molar-refractivity contribution is 6.32. The first kappa shape index (κ1) is 60.0. The molecule has 6 N–H and O–H groups in total. The minimum Gasteiger partial charge on any atom is -0.508 e. The summed E-state index contributed by atoms with van der Waals surface area (Å²) in [5.74, 6) is 1.50. The molecule has 1 aliphatic rings. The van der Waals surface area contributed by atoms with E-state index in [1.165, 1.54) is 11.1 Å². The second-order valence-corrected chi connectivity index (χ2v) is 19.4.